The number of morpholine rings is 1. The van der Waals surface area contributed by atoms with Crippen molar-refractivity contribution in [3.8, 4) is 11.3 Å². The number of benzene rings is 2. The van der Waals surface area contributed by atoms with E-state index in [1.54, 1.807) is 24.4 Å². The number of nitrogens with zero attached hydrogens (tertiary/aromatic N) is 4. The number of aromatic nitrogens is 3. The normalized spacial score (nSPS) is 14.7. The van der Waals surface area contributed by atoms with Crippen LogP contribution in [-0.4, -0.2) is 59.7 Å². The molecule has 0 aliphatic carbocycles. The summed E-state index contributed by atoms with van der Waals surface area (Å²) in [5, 5.41) is 8.04. The van der Waals surface area contributed by atoms with Gasteiger partial charge in [0.25, 0.3) is 5.91 Å². The van der Waals surface area contributed by atoms with Gasteiger partial charge in [-0.25, -0.2) is 13.4 Å². The lowest BCUT2D eigenvalue weighted by Gasteiger charge is -2.26. The van der Waals surface area contributed by atoms with Crippen LogP contribution in [0.3, 0.4) is 0 Å². The minimum absolute atomic E-state index is 0.183. The molecule has 0 radical (unpaired) electrons. The third-order valence-corrected chi connectivity index (χ3v) is 8.27. The molecule has 3 heterocycles. The van der Waals surface area contributed by atoms with E-state index in [4.69, 9.17) is 9.72 Å². The Kier molecular flexibility index (Phi) is 6.57. The Morgan fingerprint density at radius 1 is 1.08 bits per heavy atom. The van der Waals surface area contributed by atoms with Crippen LogP contribution in [0.1, 0.15) is 23.0 Å². The molecule has 1 aliphatic rings. The molecule has 1 N–H and O–H groups in total. The quantitative estimate of drug-likeness (QED) is 0.428. The first kappa shape index (κ1) is 24.1. The number of nitrogens with one attached hydrogen (secondary N) is 1. The fourth-order valence-corrected chi connectivity index (χ4v) is 5.77. The minimum Gasteiger partial charge on any atom is -0.379 e. The largest absolute Gasteiger partial charge is 0.379 e. The Morgan fingerprint density at radius 3 is 2.50 bits per heavy atom. The number of amides is 1. The van der Waals surface area contributed by atoms with Gasteiger partial charge < -0.3 is 10.1 Å². The molecule has 0 saturated carbocycles. The molecule has 1 amide bonds. The van der Waals surface area contributed by atoms with Gasteiger partial charge in [0.1, 0.15) is 0 Å². The van der Waals surface area contributed by atoms with Crippen molar-refractivity contribution in [1.82, 2.24) is 19.1 Å². The van der Waals surface area contributed by atoms with Crippen LogP contribution in [-0.2, 0) is 21.3 Å². The average molecular weight is 506 g/mol. The molecule has 0 bridgehead atoms. The highest BCUT2D eigenvalue weighted by molar-refractivity contribution is 7.89. The fourth-order valence-electron chi connectivity index (χ4n) is 4.36. The van der Waals surface area contributed by atoms with Gasteiger partial charge in [0.05, 0.1) is 41.1 Å². The van der Waals surface area contributed by atoms with E-state index in [2.05, 4.69) is 10.4 Å². The second kappa shape index (κ2) is 9.81. The van der Waals surface area contributed by atoms with Crippen LogP contribution < -0.4 is 5.32 Å². The van der Waals surface area contributed by atoms with Gasteiger partial charge in [0, 0.05) is 42.0 Å². The van der Waals surface area contributed by atoms with Crippen molar-refractivity contribution in [2.75, 3.05) is 31.6 Å². The van der Waals surface area contributed by atoms with E-state index in [0.717, 1.165) is 23.2 Å². The van der Waals surface area contributed by atoms with Crippen LogP contribution in [0.2, 0.25) is 0 Å². The molecular formula is C26H27N5O4S. The summed E-state index contributed by atoms with van der Waals surface area (Å²) in [6.45, 7) is 6.17. The van der Waals surface area contributed by atoms with E-state index in [0.29, 0.717) is 48.8 Å². The summed E-state index contributed by atoms with van der Waals surface area (Å²) in [4.78, 5) is 18.3. The number of hydrogen-bond donors (Lipinski definition) is 1. The van der Waals surface area contributed by atoms with Crippen LogP contribution >= 0.6 is 0 Å². The second-order valence-corrected chi connectivity index (χ2v) is 10.5. The number of pyridine rings is 1. The molecule has 10 heteroatoms. The third kappa shape index (κ3) is 4.50. The van der Waals surface area contributed by atoms with E-state index in [1.807, 2.05) is 42.8 Å². The van der Waals surface area contributed by atoms with E-state index in [1.165, 1.54) is 16.4 Å². The van der Waals surface area contributed by atoms with E-state index in [9.17, 15) is 13.2 Å². The number of anilines is 1. The van der Waals surface area contributed by atoms with Gasteiger partial charge in [-0.1, -0.05) is 18.2 Å². The molecule has 1 fully saturated rings. The highest BCUT2D eigenvalue weighted by atomic mass is 32.2. The predicted molar refractivity (Wildman–Crippen MR) is 137 cm³/mol. The zero-order chi connectivity index (χ0) is 25.3. The molecule has 5 rings (SSSR count). The van der Waals surface area contributed by atoms with Crippen LogP contribution in [0.25, 0.3) is 22.2 Å². The molecule has 2 aromatic carbocycles. The minimum atomic E-state index is -3.60. The highest BCUT2D eigenvalue weighted by Crippen LogP contribution is 2.28. The fraction of sp³-hybridized carbons (Fsp3) is 0.269. The van der Waals surface area contributed by atoms with Crippen molar-refractivity contribution in [1.29, 1.82) is 0 Å². The van der Waals surface area contributed by atoms with Gasteiger partial charge in [-0.15, -0.1) is 0 Å². The third-order valence-electron chi connectivity index (χ3n) is 6.36. The zero-order valence-corrected chi connectivity index (χ0v) is 21.0. The van der Waals surface area contributed by atoms with Crippen molar-refractivity contribution in [2.24, 2.45) is 0 Å². The Balaban J connectivity index is 1.44. The monoisotopic (exact) mass is 505 g/mol. The number of para-hydroxylation sites is 1. The molecule has 1 saturated heterocycles. The Bertz CT molecular complexity index is 1520. The number of fused-ring (bicyclic) bond motifs is 1. The van der Waals surface area contributed by atoms with Crippen LogP contribution in [0.5, 0.6) is 0 Å². The van der Waals surface area contributed by atoms with Crippen molar-refractivity contribution >= 4 is 32.5 Å². The van der Waals surface area contributed by atoms with Crippen molar-refractivity contribution in [3.63, 3.8) is 0 Å². The standard InChI is InChI=1S/C26H27N5O4S/c1-3-31-18(2)23(17-27-31)25-16-22(21-6-4-5-7-24(21)29-25)26(32)28-19-8-10-20(11-9-19)36(33,34)30-12-14-35-15-13-30/h4-11,16-17H,3,12-15H2,1-2H3,(H,28,32). The molecule has 4 aromatic rings. The van der Waals surface area contributed by atoms with Gasteiger partial charge in [0.2, 0.25) is 10.0 Å². The number of rotatable bonds is 6. The molecule has 2 aromatic heterocycles. The molecule has 0 spiro atoms. The molecule has 9 nitrogen and oxygen atoms in total. The summed E-state index contributed by atoms with van der Waals surface area (Å²) >= 11 is 0. The van der Waals surface area contributed by atoms with Crippen molar-refractivity contribution < 1.29 is 17.9 Å². The summed E-state index contributed by atoms with van der Waals surface area (Å²) in [6.07, 6.45) is 1.77. The summed E-state index contributed by atoms with van der Waals surface area (Å²) in [7, 11) is -3.60. The van der Waals surface area contributed by atoms with Gasteiger partial charge in [-0.05, 0) is 50.2 Å². The lowest BCUT2D eigenvalue weighted by atomic mass is 10.0. The lowest BCUT2D eigenvalue weighted by Crippen LogP contribution is -2.40. The van der Waals surface area contributed by atoms with E-state index >= 15 is 0 Å². The van der Waals surface area contributed by atoms with Crippen LogP contribution in [0.4, 0.5) is 5.69 Å². The number of carbonyl (C=O) groups excluding carboxylic acids is 1. The van der Waals surface area contributed by atoms with E-state index in [-0.39, 0.29) is 10.8 Å². The highest BCUT2D eigenvalue weighted by Gasteiger charge is 2.26. The first-order valence-electron chi connectivity index (χ1n) is 11.8. The van der Waals surface area contributed by atoms with Crippen LogP contribution in [0, 0.1) is 6.92 Å². The lowest BCUT2D eigenvalue weighted by molar-refractivity contribution is 0.0730. The summed E-state index contributed by atoms with van der Waals surface area (Å²) in [6, 6.07) is 15.5. The molecule has 0 atom stereocenters. The number of carbonyl (C=O) groups is 1. The van der Waals surface area contributed by atoms with Gasteiger partial charge in [-0.3, -0.25) is 9.48 Å². The zero-order valence-electron chi connectivity index (χ0n) is 20.1. The number of aryl methyl sites for hydroxylation is 1. The predicted octanol–water partition coefficient (Wildman–Crippen LogP) is 3.70. The number of sulfonamides is 1. The summed E-state index contributed by atoms with van der Waals surface area (Å²) in [5.74, 6) is -0.306. The topological polar surface area (TPSA) is 106 Å². The van der Waals surface area contributed by atoms with Crippen molar-refractivity contribution in [2.45, 2.75) is 25.3 Å². The Hall–Kier alpha value is -3.60. The number of hydrogen-bond acceptors (Lipinski definition) is 6. The molecular weight excluding hydrogens is 478 g/mol. The van der Waals surface area contributed by atoms with Gasteiger partial charge in [0.15, 0.2) is 0 Å². The Labute approximate surface area is 209 Å². The number of ether oxygens (including phenoxy) is 1. The second-order valence-electron chi connectivity index (χ2n) is 8.53. The SMILES string of the molecule is CCn1ncc(-c2cc(C(=O)Nc3ccc(S(=O)(=O)N4CCOCC4)cc3)c3ccccc3n2)c1C. The summed E-state index contributed by atoms with van der Waals surface area (Å²) in [5.41, 5.74) is 4.19. The van der Waals surface area contributed by atoms with Crippen LogP contribution in [0.15, 0.2) is 65.7 Å². The van der Waals surface area contributed by atoms with Gasteiger partial charge in [-0.2, -0.15) is 9.40 Å². The molecule has 0 unspecified atom stereocenters. The smallest absolute Gasteiger partial charge is 0.256 e. The first-order chi connectivity index (χ1) is 17.4. The average Bonchev–Trinajstić information content (AvgIpc) is 3.29. The molecule has 36 heavy (non-hydrogen) atoms. The maximum atomic E-state index is 13.4. The first-order valence-corrected chi connectivity index (χ1v) is 13.2. The maximum absolute atomic E-state index is 13.4. The Morgan fingerprint density at radius 2 is 1.81 bits per heavy atom. The van der Waals surface area contributed by atoms with Gasteiger partial charge >= 0.3 is 0 Å². The maximum Gasteiger partial charge on any atom is 0.256 e. The molecule has 1 aliphatic heterocycles. The van der Waals surface area contributed by atoms with Crippen molar-refractivity contribution in [3.05, 3.63) is 72.1 Å². The van der Waals surface area contributed by atoms with E-state index < -0.39 is 10.0 Å². The molecule has 186 valence electrons. The summed E-state index contributed by atoms with van der Waals surface area (Å²) < 4.78 is 34.3.